The fraction of sp³-hybridized carbons (Fsp3) is 0.364. The Morgan fingerprint density at radius 3 is 3.14 bits per heavy atom. The average Bonchev–Trinajstić information content (AvgIpc) is 2.27. The number of hydrogen-bond acceptors (Lipinski definition) is 2. The molecule has 0 aliphatic carbocycles. The van der Waals surface area contributed by atoms with E-state index in [1.165, 1.54) is 0 Å². The number of carbonyl (C=O) groups excluding carboxylic acids is 1. The number of benzene rings is 1. The molecule has 0 bridgehead atoms. The van der Waals surface area contributed by atoms with E-state index in [4.69, 9.17) is 4.74 Å². The van der Waals surface area contributed by atoms with Crippen LogP contribution < -0.4 is 10.1 Å². The van der Waals surface area contributed by atoms with E-state index >= 15 is 0 Å². The normalized spacial score (nSPS) is 14.1. The van der Waals surface area contributed by atoms with Crippen LogP contribution in [-0.4, -0.2) is 19.6 Å². The minimum Gasteiger partial charge on any atom is -0.493 e. The first-order valence-corrected chi connectivity index (χ1v) is 4.79. The molecule has 0 spiro atoms. The molecule has 1 aliphatic heterocycles. The fourth-order valence-corrected chi connectivity index (χ4v) is 1.74. The molecule has 0 saturated carbocycles. The van der Waals surface area contributed by atoms with Crippen LogP contribution in [0.3, 0.4) is 0 Å². The molecule has 1 aromatic rings. The molecule has 0 aromatic heterocycles. The number of nitrogens with one attached hydrogen (secondary N) is 1. The average molecular weight is 191 g/mol. The highest BCUT2D eigenvalue weighted by Gasteiger charge is 2.17. The molecule has 1 N–H and O–H groups in total. The fourth-order valence-electron chi connectivity index (χ4n) is 1.74. The second-order valence-electron chi connectivity index (χ2n) is 3.31. The lowest BCUT2D eigenvalue weighted by Crippen LogP contribution is -2.21. The number of carbonyl (C=O) groups is 1. The molecule has 1 heterocycles. The first-order valence-electron chi connectivity index (χ1n) is 4.79. The van der Waals surface area contributed by atoms with Crippen molar-refractivity contribution in [3.8, 4) is 5.75 Å². The molecular formula is C11H13NO2. The summed E-state index contributed by atoms with van der Waals surface area (Å²) >= 11 is 0. The third-order valence-corrected chi connectivity index (χ3v) is 2.43. The second-order valence-corrected chi connectivity index (χ2v) is 3.31. The molecule has 0 fully saturated rings. The zero-order chi connectivity index (χ0) is 9.97. The second kappa shape index (κ2) is 3.70. The third kappa shape index (κ3) is 1.45. The van der Waals surface area contributed by atoms with Crippen molar-refractivity contribution >= 4 is 5.91 Å². The minimum absolute atomic E-state index is 0.0349. The zero-order valence-electron chi connectivity index (χ0n) is 8.17. The Labute approximate surface area is 83.1 Å². The SMILES string of the molecule is CNC(=O)c1cccc2c1CCCO2. The van der Waals surface area contributed by atoms with Gasteiger partial charge in [-0.3, -0.25) is 4.79 Å². The summed E-state index contributed by atoms with van der Waals surface area (Å²) < 4.78 is 5.48. The van der Waals surface area contributed by atoms with Crippen molar-refractivity contribution in [2.24, 2.45) is 0 Å². The molecule has 0 radical (unpaired) electrons. The van der Waals surface area contributed by atoms with Gasteiger partial charge in [0.15, 0.2) is 0 Å². The van der Waals surface area contributed by atoms with Crippen molar-refractivity contribution in [2.75, 3.05) is 13.7 Å². The van der Waals surface area contributed by atoms with E-state index in [2.05, 4.69) is 5.32 Å². The van der Waals surface area contributed by atoms with E-state index in [9.17, 15) is 4.79 Å². The van der Waals surface area contributed by atoms with Crippen LogP contribution in [0.2, 0.25) is 0 Å². The Bertz CT molecular complexity index is 360. The van der Waals surface area contributed by atoms with Crippen LogP contribution in [0.4, 0.5) is 0 Å². The standard InChI is InChI=1S/C11H13NO2/c1-12-11(13)9-4-2-6-10-8(9)5-3-7-14-10/h2,4,6H,3,5,7H2,1H3,(H,12,13). The molecule has 0 atom stereocenters. The van der Waals surface area contributed by atoms with Crippen molar-refractivity contribution < 1.29 is 9.53 Å². The minimum atomic E-state index is -0.0349. The highest BCUT2D eigenvalue weighted by Crippen LogP contribution is 2.27. The number of ether oxygens (including phenoxy) is 1. The molecule has 1 aliphatic rings. The van der Waals surface area contributed by atoms with Gasteiger partial charge < -0.3 is 10.1 Å². The summed E-state index contributed by atoms with van der Waals surface area (Å²) in [6.45, 7) is 0.754. The molecule has 3 nitrogen and oxygen atoms in total. The van der Waals surface area contributed by atoms with Crippen molar-refractivity contribution in [1.29, 1.82) is 0 Å². The highest BCUT2D eigenvalue weighted by atomic mass is 16.5. The maximum absolute atomic E-state index is 11.5. The van der Waals surface area contributed by atoms with Crippen LogP contribution in [-0.2, 0) is 6.42 Å². The van der Waals surface area contributed by atoms with E-state index in [1.807, 2.05) is 18.2 Å². The van der Waals surface area contributed by atoms with E-state index in [0.717, 1.165) is 36.3 Å². The Kier molecular flexibility index (Phi) is 2.39. The van der Waals surface area contributed by atoms with Crippen molar-refractivity contribution in [3.05, 3.63) is 29.3 Å². The van der Waals surface area contributed by atoms with Crippen molar-refractivity contribution in [1.82, 2.24) is 5.32 Å². The van der Waals surface area contributed by atoms with Gasteiger partial charge in [0.2, 0.25) is 0 Å². The number of rotatable bonds is 1. The maximum atomic E-state index is 11.5. The monoisotopic (exact) mass is 191 g/mol. The summed E-state index contributed by atoms with van der Waals surface area (Å²) in [4.78, 5) is 11.5. The Hall–Kier alpha value is -1.51. The third-order valence-electron chi connectivity index (χ3n) is 2.43. The van der Waals surface area contributed by atoms with Gasteiger partial charge in [0.25, 0.3) is 5.91 Å². The van der Waals surface area contributed by atoms with Crippen LogP contribution >= 0.6 is 0 Å². The van der Waals surface area contributed by atoms with Crippen molar-refractivity contribution in [3.63, 3.8) is 0 Å². The number of amides is 1. The van der Waals surface area contributed by atoms with Crippen LogP contribution in [0, 0.1) is 0 Å². The van der Waals surface area contributed by atoms with E-state index < -0.39 is 0 Å². The lowest BCUT2D eigenvalue weighted by molar-refractivity contribution is 0.0961. The van der Waals surface area contributed by atoms with Crippen LogP contribution in [0.1, 0.15) is 22.3 Å². The Morgan fingerprint density at radius 1 is 1.50 bits per heavy atom. The van der Waals surface area contributed by atoms with Crippen molar-refractivity contribution in [2.45, 2.75) is 12.8 Å². The molecule has 3 heteroatoms. The summed E-state index contributed by atoms with van der Waals surface area (Å²) in [5, 5.41) is 2.64. The van der Waals surface area contributed by atoms with E-state index in [1.54, 1.807) is 7.05 Å². The van der Waals surface area contributed by atoms with Crippen LogP contribution in [0.15, 0.2) is 18.2 Å². The smallest absolute Gasteiger partial charge is 0.251 e. The lowest BCUT2D eigenvalue weighted by Gasteiger charge is -2.19. The molecule has 2 rings (SSSR count). The van der Waals surface area contributed by atoms with Gasteiger partial charge in [0.05, 0.1) is 6.61 Å². The number of hydrogen-bond donors (Lipinski definition) is 1. The van der Waals surface area contributed by atoms with Gasteiger partial charge >= 0.3 is 0 Å². The van der Waals surface area contributed by atoms with Gasteiger partial charge in [0, 0.05) is 18.2 Å². The van der Waals surface area contributed by atoms with Gasteiger partial charge in [0.1, 0.15) is 5.75 Å². The molecule has 74 valence electrons. The maximum Gasteiger partial charge on any atom is 0.251 e. The van der Waals surface area contributed by atoms with E-state index in [-0.39, 0.29) is 5.91 Å². The predicted molar refractivity (Wildman–Crippen MR) is 53.6 cm³/mol. The summed E-state index contributed by atoms with van der Waals surface area (Å²) in [5.41, 5.74) is 1.78. The van der Waals surface area contributed by atoms with Gasteiger partial charge in [-0.15, -0.1) is 0 Å². The molecule has 0 unspecified atom stereocenters. The molecular weight excluding hydrogens is 178 g/mol. The van der Waals surface area contributed by atoms with Gasteiger partial charge in [-0.2, -0.15) is 0 Å². The van der Waals surface area contributed by atoms with Gasteiger partial charge in [-0.1, -0.05) is 6.07 Å². The van der Waals surface area contributed by atoms with Crippen LogP contribution in [0.25, 0.3) is 0 Å². The lowest BCUT2D eigenvalue weighted by atomic mass is 9.99. The first-order chi connectivity index (χ1) is 6.83. The van der Waals surface area contributed by atoms with Crippen LogP contribution in [0.5, 0.6) is 5.75 Å². The summed E-state index contributed by atoms with van der Waals surface area (Å²) in [6, 6.07) is 5.61. The summed E-state index contributed by atoms with van der Waals surface area (Å²) in [6.07, 6.45) is 1.92. The summed E-state index contributed by atoms with van der Waals surface area (Å²) in [7, 11) is 1.64. The highest BCUT2D eigenvalue weighted by molar-refractivity contribution is 5.96. The Balaban J connectivity index is 2.45. The molecule has 0 saturated heterocycles. The van der Waals surface area contributed by atoms with Gasteiger partial charge in [-0.05, 0) is 25.0 Å². The molecule has 14 heavy (non-hydrogen) atoms. The molecule has 1 amide bonds. The zero-order valence-corrected chi connectivity index (χ0v) is 8.17. The topological polar surface area (TPSA) is 38.3 Å². The molecule has 1 aromatic carbocycles. The van der Waals surface area contributed by atoms with E-state index in [0.29, 0.717) is 0 Å². The quantitative estimate of drug-likeness (QED) is 0.728. The summed E-state index contributed by atoms with van der Waals surface area (Å²) in [5.74, 6) is 0.824. The van der Waals surface area contributed by atoms with Gasteiger partial charge in [-0.25, -0.2) is 0 Å². The first kappa shape index (κ1) is 9.06. The predicted octanol–water partition coefficient (Wildman–Crippen LogP) is 1.37. The largest absolute Gasteiger partial charge is 0.493 e. The Morgan fingerprint density at radius 2 is 2.36 bits per heavy atom. The number of fused-ring (bicyclic) bond motifs is 1.